The standard InChI is InChI=1S/C15H21NO6S2/c1-11-14(15(17)18)7-4-8-16(11)24(21,22)10-12-5-3-6-13(9-12)23(2,19)20/h3,5-6,9,11,14H,4,7-8,10H2,1-2H3,(H,17,18)/t11-,14-/m1/s1. The van der Waals surface area contributed by atoms with Crippen molar-refractivity contribution >= 4 is 25.8 Å². The molecule has 0 unspecified atom stereocenters. The molecule has 0 amide bonds. The number of sulfonamides is 1. The van der Waals surface area contributed by atoms with Crippen LogP contribution in [0, 0.1) is 5.92 Å². The molecule has 2 atom stereocenters. The van der Waals surface area contributed by atoms with Gasteiger partial charge in [0, 0.05) is 18.8 Å². The van der Waals surface area contributed by atoms with E-state index in [1.807, 2.05) is 0 Å². The van der Waals surface area contributed by atoms with Gasteiger partial charge in [-0.1, -0.05) is 12.1 Å². The molecule has 1 heterocycles. The quantitative estimate of drug-likeness (QED) is 0.826. The first-order valence-corrected chi connectivity index (χ1v) is 11.0. The molecule has 24 heavy (non-hydrogen) atoms. The van der Waals surface area contributed by atoms with Gasteiger partial charge in [0.1, 0.15) is 0 Å². The van der Waals surface area contributed by atoms with Crippen LogP contribution in [-0.2, 0) is 30.4 Å². The van der Waals surface area contributed by atoms with E-state index in [4.69, 9.17) is 0 Å². The maximum atomic E-state index is 12.7. The Morgan fingerprint density at radius 2 is 1.96 bits per heavy atom. The number of aliphatic carboxylic acids is 1. The fourth-order valence-electron chi connectivity index (χ4n) is 2.99. The monoisotopic (exact) mass is 375 g/mol. The largest absolute Gasteiger partial charge is 0.481 e. The molecule has 1 saturated heterocycles. The summed E-state index contributed by atoms with van der Waals surface area (Å²) >= 11 is 0. The molecule has 0 saturated carbocycles. The van der Waals surface area contributed by atoms with Gasteiger partial charge < -0.3 is 5.11 Å². The van der Waals surface area contributed by atoms with Crippen LogP contribution in [0.25, 0.3) is 0 Å². The molecule has 0 radical (unpaired) electrons. The Morgan fingerprint density at radius 3 is 2.54 bits per heavy atom. The summed E-state index contributed by atoms with van der Waals surface area (Å²) in [6.07, 6.45) is 2.00. The lowest BCUT2D eigenvalue weighted by atomic mass is 9.92. The summed E-state index contributed by atoms with van der Waals surface area (Å²) in [6.45, 7) is 1.88. The number of sulfone groups is 1. The molecule has 1 aromatic carbocycles. The normalized spacial score (nSPS) is 23.1. The summed E-state index contributed by atoms with van der Waals surface area (Å²) < 4.78 is 49.8. The Morgan fingerprint density at radius 1 is 1.29 bits per heavy atom. The molecule has 7 nitrogen and oxygen atoms in total. The topological polar surface area (TPSA) is 109 Å². The van der Waals surface area contributed by atoms with Crippen molar-refractivity contribution in [1.82, 2.24) is 4.31 Å². The molecule has 1 aliphatic rings. The van der Waals surface area contributed by atoms with Crippen LogP contribution in [0.1, 0.15) is 25.3 Å². The maximum Gasteiger partial charge on any atom is 0.308 e. The van der Waals surface area contributed by atoms with Gasteiger partial charge in [-0.3, -0.25) is 4.79 Å². The highest BCUT2D eigenvalue weighted by atomic mass is 32.2. The first kappa shape index (κ1) is 18.9. The third-order valence-electron chi connectivity index (χ3n) is 4.28. The van der Waals surface area contributed by atoms with Crippen LogP contribution in [0.15, 0.2) is 29.2 Å². The van der Waals surface area contributed by atoms with Crippen LogP contribution >= 0.6 is 0 Å². The minimum Gasteiger partial charge on any atom is -0.481 e. The van der Waals surface area contributed by atoms with Gasteiger partial charge in [0.25, 0.3) is 0 Å². The summed E-state index contributed by atoms with van der Waals surface area (Å²) in [5.41, 5.74) is 0.363. The Balaban J connectivity index is 2.27. The average molecular weight is 375 g/mol. The first-order chi connectivity index (χ1) is 11.0. The average Bonchev–Trinajstić information content (AvgIpc) is 2.45. The zero-order valence-corrected chi connectivity index (χ0v) is 15.2. The Labute approximate surface area is 142 Å². The van der Waals surface area contributed by atoms with E-state index in [0.29, 0.717) is 18.4 Å². The molecule has 1 aliphatic heterocycles. The zero-order chi connectivity index (χ0) is 18.1. The number of carbonyl (C=O) groups is 1. The van der Waals surface area contributed by atoms with Gasteiger partial charge in [-0.25, -0.2) is 16.8 Å². The number of piperidine rings is 1. The van der Waals surface area contributed by atoms with E-state index in [-0.39, 0.29) is 17.2 Å². The summed E-state index contributed by atoms with van der Waals surface area (Å²) in [5.74, 6) is -2.08. The van der Waals surface area contributed by atoms with Crippen LogP contribution in [0.5, 0.6) is 0 Å². The summed E-state index contributed by atoms with van der Waals surface area (Å²) in [5, 5.41) is 9.22. The van der Waals surface area contributed by atoms with Gasteiger partial charge >= 0.3 is 5.97 Å². The fraction of sp³-hybridized carbons (Fsp3) is 0.533. The second-order valence-electron chi connectivity index (χ2n) is 6.11. The summed E-state index contributed by atoms with van der Waals surface area (Å²) in [6, 6.07) is 5.18. The Kier molecular flexibility index (Phi) is 5.36. The third kappa shape index (κ3) is 4.14. The SMILES string of the molecule is C[C@@H]1[C@H](C(=O)O)CCCN1S(=O)(=O)Cc1cccc(S(C)(=O)=O)c1. The molecular weight excluding hydrogens is 354 g/mol. The molecule has 0 bridgehead atoms. The highest BCUT2D eigenvalue weighted by Crippen LogP contribution is 2.28. The number of benzene rings is 1. The predicted molar refractivity (Wildman–Crippen MR) is 88.7 cm³/mol. The lowest BCUT2D eigenvalue weighted by molar-refractivity contribution is -0.144. The maximum absolute atomic E-state index is 12.7. The van der Waals surface area contributed by atoms with Crippen molar-refractivity contribution in [2.24, 2.45) is 5.92 Å². The van der Waals surface area contributed by atoms with Gasteiger partial charge in [0.15, 0.2) is 9.84 Å². The molecular formula is C15H21NO6S2. The van der Waals surface area contributed by atoms with Crippen molar-refractivity contribution in [1.29, 1.82) is 0 Å². The van der Waals surface area contributed by atoms with Crippen LogP contribution in [-0.4, -0.2) is 51.1 Å². The van der Waals surface area contributed by atoms with Gasteiger partial charge in [-0.15, -0.1) is 0 Å². The molecule has 1 aromatic rings. The summed E-state index contributed by atoms with van der Waals surface area (Å²) in [4.78, 5) is 11.3. The van der Waals surface area contributed by atoms with Crippen molar-refractivity contribution < 1.29 is 26.7 Å². The van der Waals surface area contributed by atoms with Gasteiger partial charge in [0.2, 0.25) is 10.0 Å². The number of carboxylic acids is 1. The molecule has 134 valence electrons. The minimum absolute atomic E-state index is 0.0605. The van der Waals surface area contributed by atoms with Crippen LogP contribution in [0.2, 0.25) is 0 Å². The van der Waals surface area contributed by atoms with Crippen molar-refractivity contribution in [3.05, 3.63) is 29.8 Å². The van der Waals surface area contributed by atoms with E-state index < -0.39 is 37.8 Å². The van der Waals surface area contributed by atoms with E-state index in [9.17, 15) is 26.7 Å². The predicted octanol–water partition coefficient (Wildman–Crippen LogP) is 1.10. The molecule has 2 rings (SSSR count). The molecule has 0 aliphatic carbocycles. The Hall–Kier alpha value is -1.45. The highest BCUT2D eigenvalue weighted by Gasteiger charge is 2.38. The van der Waals surface area contributed by atoms with Gasteiger partial charge in [-0.2, -0.15) is 4.31 Å². The summed E-state index contributed by atoms with van der Waals surface area (Å²) in [7, 11) is -7.16. The lowest BCUT2D eigenvalue weighted by Crippen LogP contribution is -2.49. The Bertz CT molecular complexity index is 831. The molecule has 1 N–H and O–H groups in total. The molecule has 0 aromatic heterocycles. The van der Waals surface area contributed by atoms with Crippen molar-refractivity contribution in [2.75, 3.05) is 12.8 Å². The molecule has 9 heteroatoms. The number of hydrogen-bond donors (Lipinski definition) is 1. The van der Waals surface area contributed by atoms with E-state index >= 15 is 0 Å². The van der Waals surface area contributed by atoms with Crippen molar-refractivity contribution in [2.45, 2.75) is 36.5 Å². The number of rotatable bonds is 5. The van der Waals surface area contributed by atoms with E-state index in [0.717, 1.165) is 6.26 Å². The minimum atomic E-state index is -3.74. The van der Waals surface area contributed by atoms with E-state index in [1.165, 1.54) is 22.5 Å². The third-order valence-corrected chi connectivity index (χ3v) is 7.32. The van der Waals surface area contributed by atoms with Gasteiger partial charge in [0.05, 0.1) is 16.6 Å². The van der Waals surface area contributed by atoms with Crippen molar-refractivity contribution in [3.8, 4) is 0 Å². The lowest BCUT2D eigenvalue weighted by Gasteiger charge is -2.36. The van der Waals surface area contributed by atoms with Crippen LogP contribution in [0.3, 0.4) is 0 Å². The smallest absolute Gasteiger partial charge is 0.308 e. The molecule has 1 fully saturated rings. The number of nitrogens with zero attached hydrogens (tertiary/aromatic N) is 1. The number of hydrogen-bond acceptors (Lipinski definition) is 5. The van der Waals surface area contributed by atoms with Crippen LogP contribution < -0.4 is 0 Å². The molecule has 0 spiro atoms. The second kappa shape index (κ2) is 6.81. The van der Waals surface area contributed by atoms with E-state index in [2.05, 4.69) is 0 Å². The van der Waals surface area contributed by atoms with Crippen LogP contribution in [0.4, 0.5) is 0 Å². The highest BCUT2D eigenvalue weighted by molar-refractivity contribution is 7.90. The van der Waals surface area contributed by atoms with Gasteiger partial charge in [-0.05, 0) is 37.5 Å². The van der Waals surface area contributed by atoms with E-state index in [1.54, 1.807) is 13.0 Å². The van der Waals surface area contributed by atoms with Crippen molar-refractivity contribution in [3.63, 3.8) is 0 Å². The first-order valence-electron chi connectivity index (χ1n) is 7.53. The zero-order valence-electron chi connectivity index (χ0n) is 13.5. The fourth-order valence-corrected chi connectivity index (χ4v) is 5.51. The second-order valence-corrected chi connectivity index (χ2v) is 10.1. The number of carboxylic acid groups (broad SMARTS) is 1.